The summed E-state index contributed by atoms with van der Waals surface area (Å²) in [5, 5.41) is 34.6. The summed E-state index contributed by atoms with van der Waals surface area (Å²) < 4.78 is 54.1. The first kappa shape index (κ1) is 41.3. The molecule has 3 aromatic rings. The van der Waals surface area contributed by atoms with Gasteiger partial charge in [0.2, 0.25) is 11.8 Å². The van der Waals surface area contributed by atoms with Gasteiger partial charge in [0, 0.05) is 59.4 Å². The van der Waals surface area contributed by atoms with Crippen LogP contribution in [0.2, 0.25) is 0 Å². The quantitative estimate of drug-likeness (QED) is 0.0711. The SMILES string of the molecule is C[C@@H](O)[C@H]1C(=O)N2C(C(=O)OCc3ccc([N+](=O)[O-])cc3)=C(S[C@@H]3CN(C(=O)OCc4ccc([N+](=O)[O-])cc4)[C@@](C=O)(Nc4cccc(OC(F)(F)F)n4)C3)[C@H](C)[C@H]12. The molecular weight excluding hydrogens is 797 g/mol. The summed E-state index contributed by atoms with van der Waals surface area (Å²) in [6.07, 6.45) is -7.12. The Hall–Kier alpha value is -6.29. The number of thioether (sulfide) groups is 1. The first-order valence-electron chi connectivity index (χ1n) is 17.4. The van der Waals surface area contributed by atoms with Crippen LogP contribution < -0.4 is 10.1 Å². The van der Waals surface area contributed by atoms with Crippen molar-refractivity contribution in [2.24, 2.45) is 11.8 Å². The standard InChI is InChI=1S/C36H33F3N6O12S/c1-19-29-28(20(2)47)32(48)43(29)30(33(49)55-16-21-6-10-23(11-7-21)44(51)52)31(19)58-25-14-35(18-46,41-26-4-3-5-27(40-26)57-36(37,38)39)42(15-25)34(50)56-17-22-8-12-24(13-9-22)45(53)54/h3-13,18-20,25,28-29,47H,14-17H2,1-2H3,(H,40,41)/t19-,20-,25+,28-,29-,35+/m1/s1. The Labute approximate surface area is 330 Å². The smallest absolute Gasteiger partial charge is 0.456 e. The number of amides is 2. The van der Waals surface area contributed by atoms with Crippen LogP contribution >= 0.6 is 11.8 Å². The fourth-order valence-electron chi connectivity index (χ4n) is 7.06. The highest BCUT2D eigenvalue weighted by Crippen LogP contribution is 2.53. The van der Waals surface area contributed by atoms with Crippen LogP contribution in [0.5, 0.6) is 5.88 Å². The molecule has 0 aliphatic carbocycles. The van der Waals surface area contributed by atoms with Crippen LogP contribution in [0, 0.1) is 32.1 Å². The lowest BCUT2D eigenvalue weighted by Gasteiger charge is -2.46. The van der Waals surface area contributed by atoms with E-state index >= 15 is 0 Å². The van der Waals surface area contributed by atoms with Crippen LogP contribution in [0.15, 0.2) is 77.3 Å². The van der Waals surface area contributed by atoms with Crippen LogP contribution in [0.1, 0.15) is 31.4 Å². The van der Waals surface area contributed by atoms with Gasteiger partial charge in [-0.1, -0.05) is 13.0 Å². The van der Waals surface area contributed by atoms with Crippen molar-refractivity contribution >= 4 is 53.2 Å². The number of aromatic nitrogens is 1. The molecule has 18 nitrogen and oxygen atoms in total. The third-order valence-corrected chi connectivity index (χ3v) is 11.2. The molecule has 6 atom stereocenters. The minimum atomic E-state index is -5.09. The maximum atomic E-state index is 13.8. The molecule has 22 heteroatoms. The third kappa shape index (κ3) is 8.51. The van der Waals surface area contributed by atoms with Crippen molar-refractivity contribution in [3.63, 3.8) is 0 Å². The molecule has 306 valence electrons. The number of β-lactam (4-membered cyclic amide) rings is 1. The van der Waals surface area contributed by atoms with E-state index in [0.717, 1.165) is 22.7 Å². The van der Waals surface area contributed by atoms with E-state index in [4.69, 9.17) is 9.47 Å². The van der Waals surface area contributed by atoms with Gasteiger partial charge in [-0.05, 0) is 48.4 Å². The van der Waals surface area contributed by atoms with Gasteiger partial charge in [0.05, 0.1) is 27.9 Å². The van der Waals surface area contributed by atoms with Gasteiger partial charge in [0.15, 0.2) is 11.9 Å². The lowest BCUT2D eigenvalue weighted by Crippen LogP contribution is -2.63. The molecule has 0 saturated carbocycles. The number of aliphatic hydroxyl groups excluding tert-OH is 1. The molecule has 2 aromatic carbocycles. The van der Waals surface area contributed by atoms with Gasteiger partial charge >= 0.3 is 18.4 Å². The molecule has 0 unspecified atom stereocenters. The van der Waals surface area contributed by atoms with Gasteiger partial charge in [-0.3, -0.25) is 34.7 Å². The highest BCUT2D eigenvalue weighted by Gasteiger charge is 2.61. The largest absolute Gasteiger partial charge is 0.574 e. The van der Waals surface area contributed by atoms with Crippen molar-refractivity contribution in [1.82, 2.24) is 14.8 Å². The normalized spacial score (nSPS) is 23.1. The summed E-state index contributed by atoms with van der Waals surface area (Å²) in [5.41, 5.74) is -1.76. The van der Waals surface area contributed by atoms with Crippen LogP contribution in [0.4, 0.5) is 35.2 Å². The zero-order valence-corrected chi connectivity index (χ0v) is 31.2. The van der Waals surface area contributed by atoms with Crippen molar-refractivity contribution in [2.75, 3.05) is 11.9 Å². The second-order valence-corrected chi connectivity index (χ2v) is 14.9. The molecule has 3 aliphatic heterocycles. The monoisotopic (exact) mass is 830 g/mol. The Morgan fingerprint density at radius 1 is 1.03 bits per heavy atom. The van der Waals surface area contributed by atoms with Gasteiger partial charge < -0.3 is 29.5 Å². The number of hydrogen-bond acceptors (Lipinski definition) is 15. The topological polar surface area (TPSA) is 234 Å². The predicted molar refractivity (Wildman–Crippen MR) is 194 cm³/mol. The Morgan fingerprint density at radius 3 is 2.16 bits per heavy atom. The second-order valence-electron chi connectivity index (χ2n) is 13.6. The van der Waals surface area contributed by atoms with E-state index in [9.17, 15) is 57.7 Å². The molecule has 0 spiro atoms. The van der Waals surface area contributed by atoms with Crippen LogP contribution in [-0.2, 0) is 37.1 Å². The fraction of sp³-hybridized carbons (Fsp3) is 0.361. The number of nitrogens with one attached hydrogen (secondary N) is 1. The highest BCUT2D eigenvalue weighted by molar-refractivity contribution is 8.03. The zero-order valence-electron chi connectivity index (χ0n) is 30.4. The van der Waals surface area contributed by atoms with Crippen molar-refractivity contribution in [3.8, 4) is 5.88 Å². The molecule has 6 rings (SSSR count). The highest BCUT2D eigenvalue weighted by atomic mass is 32.2. The van der Waals surface area contributed by atoms with Gasteiger partial charge in [0.1, 0.15) is 24.7 Å². The Balaban J connectivity index is 1.30. The number of halogens is 3. The number of aldehydes is 1. The number of non-ortho nitro benzene ring substituents is 2. The number of nitrogens with zero attached hydrogens (tertiary/aromatic N) is 5. The molecule has 4 heterocycles. The number of nitro benzene ring substituents is 2. The molecule has 2 amide bonds. The molecule has 1 aromatic heterocycles. The lowest BCUT2D eigenvalue weighted by molar-refractivity contribution is -0.385. The first-order valence-corrected chi connectivity index (χ1v) is 18.3. The first-order chi connectivity index (χ1) is 27.4. The molecule has 3 aliphatic rings. The average molecular weight is 831 g/mol. The summed E-state index contributed by atoms with van der Waals surface area (Å²) in [4.78, 5) is 81.3. The number of fused-ring (bicyclic) bond motifs is 1. The van der Waals surface area contributed by atoms with E-state index in [0.29, 0.717) is 22.3 Å². The number of carbonyl (C=O) groups is 4. The van der Waals surface area contributed by atoms with Crippen molar-refractivity contribution < 1.29 is 61.5 Å². The summed E-state index contributed by atoms with van der Waals surface area (Å²) in [7, 11) is 0. The average Bonchev–Trinajstić information content (AvgIpc) is 3.64. The number of rotatable bonds is 14. The number of likely N-dealkylation sites (tertiary alicyclic amines) is 1. The van der Waals surface area contributed by atoms with Crippen molar-refractivity contribution in [3.05, 3.63) is 109 Å². The number of aliphatic hydroxyl groups is 1. The summed E-state index contributed by atoms with van der Waals surface area (Å²) in [6.45, 7) is 2.20. The second kappa shape index (κ2) is 16.3. The molecule has 0 radical (unpaired) electrons. The van der Waals surface area contributed by atoms with E-state index in [1.807, 2.05) is 0 Å². The van der Waals surface area contributed by atoms with Crippen molar-refractivity contribution in [1.29, 1.82) is 0 Å². The Morgan fingerprint density at radius 2 is 1.62 bits per heavy atom. The van der Waals surface area contributed by atoms with E-state index < -0.39 is 75.0 Å². The van der Waals surface area contributed by atoms with Crippen LogP contribution in [0.3, 0.4) is 0 Å². The molecule has 0 bridgehead atoms. The molecule has 58 heavy (non-hydrogen) atoms. The Kier molecular flexibility index (Phi) is 11.6. The van der Waals surface area contributed by atoms with Crippen LogP contribution in [0.25, 0.3) is 0 Å². The number of nitro groups is 2. The number of anilines is 1. The van der Waals surface area contributed by atoms with E-state index in [1.54, 1.807) is 6.92 Å². The number of hydrogen-bond donors (Lipinski definition) is 2. The fourth-order valence-corrected chi connectivity index (χ4v) is 8.63. The maximum absolute atomic E-state index is 13.8. The number of esters is 1. The number of alkyl halides is 3. The summed E-state index contributed by atoms with van der Waals surface area (Å²) >= 11 is 1.05. The third-order valence-electron chi connectivity index (χ3n) is 9.73. The molecule has 2 N–H and O–H groups in total. The number of ether oxygens (including phenoxy) is 3. The van der Waals surface area contributed by atoms with Crippen molar-refractivity contribution in [2.45, 2.75) is 62.9 Å². The number of pyridine rings is 1. The van der Waals surface area contributed by atoms with Gasteiger partial charge in [0.25, 0.3) is 11.4 Å². The number of benzene rings is 2. The maximum Gasteiger partial charge on any atom is 0.574 e. The number of carbonyl (C=O) groups excluding carboxylic acids is 4. The minimum Gasteiger partial charge on any atom is -0.456 e. The van der Waals surface area contributed by atoms with E-state index in [-0.39, 0.29) is 49.1 Å². The predicted octanol–water partition coefficient (Wildman–Crippen LogP) is 5.06. The lowest BCUT2D eigenvalue weighted by atomic mass is 9.79. The van der Waals surface area contributed by atoms with E-state index in [2.05, 4.69) is 15.0 Å². The van der Waals surface area contributed by atoms with Gasteiger partial charge in [-0.15, -0.1) is 24.9 Å². The zero-order chi connectivity index (χ0) is 42.1. The Bertz CT molecular complexity index is 2160. The molecule has 2 saturated heterocycles. The van der Waals surface area contributed by atoms with E-state index in [1.165, 1.54) is 72.5 Å². The van der Waals surface area contributed by atoms with Gasteiger partial charge in [-0.2, -0.15) is 4.98 Å². The molecule has 2 fully saturated rings. The minimum absolute atomic E-state index is 0.131. The molecular formula is C36H33F3N6O12S. The van der Waals surface area contributed by atoms with Crippen LogP contribution in [-0.4, -0.2) is 90.0 Å². The van der Waals surface area contributed by atoms with Gasteiger partial charge in [-0.25, -0.2) is 9.59 Å². The summed E-state index contributed by atoms with van der Waals surface area (Å²) in [5.74, 6) is -4.04. The summed E-state index contributed by atoms with van der Waals surface area (Å²) in [6, 6.07) is 13.1.